The smallest absolute Gasteiger partial charge is 0.267 e. The first-order valence-electron chi connectivity index (χ1n) is 7.21. The first-order valence-corrected chi connectivity index (χ1v) is 10.2. The van der Waals surface area contributed by atoms with Gasteiger partial charge in [-0.05, 0) is 36.8 Å². The minimum atomic E-state index is -0.184. The fourth-order valence-electron chi connectivity index (χ4n) is 2.06. The average Bonchev–Trinajstić information content (AvgIpc) is 3.21. The molecule has 0 atom stereocenters. The van der Waals surface area contributed by atoms with Crippen LogP contribution in [0.5, 0.6) is 0 Å². The zero-order valence-electron chi connectivity index (χ0n) is 13.1. The number of nitrogens with zero attached hydrogens (tertiary/aromatic N) is 2. The molecule has 0 radical (unpaired) electrons. The van der Waals surface area contributed by atoms with Crippen LogP contribution < -0.4 is 5.32 Å². The van der Waals surface area contributed by atoms with Crippen molar-refractivity contribution in [3.63, 3.8) is 0 Å². The van der Waals surface area contributed by atoms with Gasteiger partial charge in [0.05, 0.1) is 26.6 Å². The Bertz CT molecular complexity index is 941. The van der Waals surface area contributed by atoms with Gasteiger partial charge in [0.25, 0.3) is 5.91 Å². The standard InChI is InChI=1S/C17H12ClN3OS3/c1-10-16(23-9-8-19)25-17(20-10)21-15(22)14-7-6-13(24-14)11-2-4-12(18)5-3-11/h2-7H,9H2,1H3,(H,20,21,22). The van der Waals surface area contributed by atoms with Crippen molar-refractivity contribution < 1.29 is 4.79 Å². The predicted molar refractivity (Wildman–Crippen MR) is 106 cm³/mol. The molecular weight excluding hydrogens is 394 g/mol. The number of nitriles is 1. The van der Waals surface area contributed by atoms with Crippen LogP contribution in [0, 0.1) is 18.3 Å². The van der Waals surface area contributed by atoms with Gasteiger partial charge in [-0.25, -0.2) is 4.98 Å². The van der Waals surface area contributed by atoms with E-state index in [4.69, 9.17) is 16.9 Å². The number of carbonyl (C=O) groups is 1. The van der Waals surface area contributed by atoms with Crippen LogP contribution in [-0.4, -0.2) is 16.6 Å². The minimum Gasteiger partial charge on any atom is -0.297 e. The topological polar surface area (TPSA) is 65.8 Å². The molecule has 0 spiro atoms. The van der Waals surface area contributed by atoms with Crippen LogP contribution in [0.2, 0.25) is 5.02 Å². The number of carbonyl (C=O) groups excluding carboxylic acids is 1. The van der Waals surface area contributed by atoms with Gasteiger partial charge in [-0.15, -0.1) is 11.3 Å². The van der Waals surface area contributed by atoms with Gasteiger partial charge in [0.2, 0.25) is 0 Å². The Labute approximate surface area is 162 Å². The second kappa shape index (κ2) is 8.02. The van der Waals surface area contributed by atoms with Gasteiger partial charge in [0.1, 0.15) is 0 Å². The molecule has 1 amide bonds. The number of benzene rings is 1. The third-order valence-corrected chi connectivity index (χ3v) is 6.89. The van der Waals surface area contributed by atoms with E-state index in [-0.39, 0.29) is 5.91 Å². The number of thiazole rings is 1. The number of thioether (sulfide) groups is 1. The Balaban J connectivity index is 1.72. The van der Waals surface area contributed by atoms with E-state index in [9.17, 15) is 4.79 Å². The second-order valence-electron chi connectivity index (χ2n) is 4.96. The lowest BCUT2D eigenvalue weighted by Gasteiger charge is -1.99. The Morgan fingerprint density at radius 3 is 2.76 bits per heavy atom. The van der Waals surface area contributed by atoms with Crippen molar-refractivity contribution >= 4 is 57.1 Å². The third kappa shape index (κ3) is 4.41. The maximum Gasteiger partial charge on any atom is 0.267 e. The van der Waals surface area contributed by atoms with Crippen LogP contribution in [0.3, 0.4) is 0 Å². The first-order chi connectivity index (χ1) is 12.1. The Kier molecular flexibility index (Phi) is 5.76. The van der Waals surface area contributed by atoms with Crippen molar-refractivity contribution in [3.05, 3.63) is 52.0 Å². The molecule has 8 heteroatoms. The highest BCUT2D eigenvalue weighted by atomic mass is 35.5. The number of hydrogen-bond donors (Lipinski definition) is 1. The van der Waals surface area contributed by atoms with Crippen molar-refractivity contribution in [1.29, 1.82) is 5.26 Å². The number of halogens is 1. The van der Waals surface area contributed by atoms with Crippen LogP contribution in [-0.2, 0) is 0 Å². The largest absolute Gasteiger partial charge is 0.297 e. The van der Waals surface area contributed by atoms with E-state index in [1.54, 1.807) is 6.07 Å². The molecule has 0 aliphatic rings. The van der Waals surface area contributed by atoms with E-state index < -0.39 is 0 Å². The van der Waals surface area contributed by atoms with Crippen LogP contribution in [0.4, 0.5) is 5.13 Å². The molecule has 0 fully saturated rings. The Hall–Kier alpha value is -1.85. The highest BCUT2D eigenvalue weighted by Gasteiger charge is 2.14. The lowest BCUT2D eigenvalue weighted by molar-refractivity contribution is 0.103. The number of aryl methyl sites for hydroxylation is 1. The molecular formula is C17H12ClN3OS3. The van der Waals surface area contributed by atoms with E-state index >= 15 is 0 Å². The summed E-state index contributed by atoms with van der Waals surface area (Å²) < 4.78 is 0.949. The highest BCUT2D eigenvalue weighted by molar-refractivity contribution is 8.01. The molecule has 0 aliphatic carbocycles. The normalized spacial score (nSPS) is 10.4. The molecule has 4 nitrogen and oxygen atoms in total. The van der Waals surface area contributed by atoms with Crippen molar-refractivity contribution in [2.75, 3.05) is 11.1 Å². The lowest BCUT2D eigenvalue weighted by atomic mass is 10.2. The second-order valence-corrected chi connectivity index (χ2v) is 8.73. The summed E-state index contributed by atoms with van der Waals surface area (Å²) in [6.45, 7) is 1.87. The van der Waals surface area contributed by atoms with Gasteiger partial charge >= 0.3 is 0 Å². The number of rotatable bonds is 5. The molecule has 0 saturated carbocycles. The number of thiophene rings is 1. The van der Waals surface area contributed by atoms with Crippen molar-refractivity contribution in [1.82, 2.24) is 4.98 Å². The number of hydrogen-bond acceptors (Lipinski definition) is 6. The van der Waals surface area contributed by atoms with Gasteiger partial charge in [-0.2, -0.15) is 5.26 Å². The summed E-state index contributed by atoms with van der Waals surface area (Å²) in [5, 5.41) is 12.7. The molecule has 3 aromatic rings. The van der Waals surface area contributed by atoms with Crippen LogP contribution >= 0.6 is 46.0 Å². The quantitative estimate of drug-likeness (QED) is 0.553. The first kappa shape index (κ1) is 18.0. The van der Waals surface area contributed by atoms with E-state index in [1.807, 2.05) is 37.3 Å². The molecule has 1 N–H and O–H groups in total. The number of anilines is 1. The number of aromatic nitrogens is 1. The molecule has 3 rings (SSSR count). The molecule has 0 aliphatic heterocycles. The van der Waals surface area contributed by atoms with Crippen molar-refractivity contribution in [2.45, 2.75) is 11.1 Å². The van der Waals surface area contributed by atoms with Gasteiger partial charge in [-0.1, -0.05) is 46.8 Å². The van der Waals surface area contributed by atoms with Gasteiger partial charge < -0.3 is 0 Å². The van der Waals surface area contributed by atoms with E-state index in [0.717, 1.165) is 20.3 Å². The summed E-state index contributed by atoms with van der Waals surface area (Å²) in [6, 6.07) is 13.3. The summed E-state index contributed by atoms with van der Waals surface area (Å²) in [5.74, 6) is 0.182. The Morgan fingerprint density at radius 2 is 2.04 bits per heavy atom. The summed E-state index contributed by atoms with van der Waals surface area (Å²) >= 11 is 10.1. The fraction of sp³-hybridized carbons (Fsp3) is 0.118. The molecule has 25 heavy (non-hydrogen) atoms. The minimum absolute atomic E-state index is 0.184. The average molecular weight is 406 g/mol. The molecule has 0 bridgehead atoms. The van der Waals surface area contributed by atoms with Crippen LogP contribution in [0.15, 0.2) is 40.6 Å². The van der Waals surface area contributed by atoms with Gasteiger partial charge in [0.15, 0.2) is 5.13 Å². The monoisotopic (exact) mass is 405 g/mol. The van der Waals surface area contributed by atoms with E-state index in [2.05, 4.69) is 16.4 Å². The van der Waals surface area contributed by atoms with Crippen LogP contribution in [0.25, 0.3) is 10.4 Å². The van der Waals surface area contributed by atoms with Crippen LogP contribution in [0.1, 0.15) is 15.4 Å². The predicted octanol–water partition coefficient (Wildman–Crippen LogP) is 5.70. The Morgan fingerprint density at radius 1 is 1.28 bits per heavy atom. The van der Waals surface area contributed by atoms with Crippen molar-refractivity contribution in [3.8, 4) is 16.5 Å². The fourth-order valence-corrected chi connectivity index (χ4v) is 4.88. The summed E-state index contributed by atoms with van der Waals surface area (Å²) in [6.07, 6.45) is 0. The summed E-state index contributed by atoms with van der Waals surface area (Å²) in [5.41, 5.74) is 1.85. The number of amides is 1. The molecule has 0 unspecified atom stereocenters. The molecule has 2 aromatic heterocycles. The molecule has 0 saturated heterocycles. The SMILES string of the molecule is Cc1nc(NC(=O)c2ccc(-c3ccc(Cl)cc3)s2)sc1SCC#N. The van der Waals surface area contributed by atoms with E-state index in [1.165, 1.54) is 34.4 Å². The highest BCUT2D eigenvalue weighted by Crippen LogP contribution is 2.33. The summed E-state index contributed by atoms with van der Waals surface area (Å²) in [4.78, 5) is 18.4. The molecule has 1 aromatic carbocycles. The van der Waals surface area contributed by atoms with Gasteiger partial charge in [-0.3, -0.25) is 10.1 Å². The maximum atomic E-state index is 12.4. The van der Waals surface area contributed by atoms with Gasteiger partial charge in [0, 0.05) is 9.90 Å². The number of nitrogens with one attached hydrogen (secondary N) is 1. The third-order valence-electron chi connectivity index (χ3n) is 3.20. The zero-order valence-corrected chi connectivity index (χ0v) is 16.3. The zero-order chi connectivity index (χ0) is 17.8. The van der Waals surface area contributed by atoms with Crippen molar-refractivity contribution in [2.24, 2.45) is 0 Å². The summed E-state index contributed by atoms with van der Waals surface area (Å²) in [7, 11) is 0. The molecule has 126 valence electrons. The van der Waals surface area contributed by atoms with E-state index in [0.29, 0.717) is 20.8 Å². The molecule has 2 heterocycles. The maximum absolute atomic E-state index is 12.4. The lowest BCUT2D eigenvalue weighted by Crippen LogP contribution is -2.09.